The van der Waals surface area contributed by atoms with E-state index in [1.807, 2.05) is 26.0 Å². The first kappa shape index (κ1) is 10.6. The van der Waals surface area contributed by atoms with Crippen molar-refractivity contribution in [1.82, 2.24) is 5.32 Å². The van der Waals surface area contributed by atoms with Gasteiger partial charge in [0.1, 0.15) is 0 Å². The zero-order chi connectivity index (χ0) is 9.84. The third-order valence-electron chi connectivity index (χ3n) is 1.77. The number of thiophene rings is 1. The quantitative estimate of drug-likeness (QED) is 0.796. The predicted octanol–water partition coefficient (Wildman–Crippen LogP) is 2.97. The van der Waals surface area contributed by atoms with Gasteiger partial charge in [0.05, 0.1) is 6.54 Å². The Morgan fingerprint density at radius 2 is 2.15 bits per heavy atom. The van der Waals surface area contributed by atoms with Crippen LogP contribution in [-0.2, 0) is 0 Å². The second-order valence-electron chi connectivity index (χ2n) is 2.97. The summed E-state index contributed by atoms with van der Waals surface area (Å²) in [6.07, 6.45) is -2.27. The van der Waals surface area contributed by atoms with E-state index in [2.05, 4.69) is 5.32 Å². The molecule has 0 amide bonds. The maximum Gasteiger partial charge on any atom is 0.250 e. The lowest BCUT2D eigenvalue weighted by Crippen LogP contribution is -2.23. The Hall–Kier alpha value is -0.480. The van der Waals surface area contributed by atoms with E-state index in [1.54, 1.807) is 11.3 Å². The van der Waals surface area contributed by atoms with E-state index in [9.17, 15) is 8.78 Å². The standard InChI is InChI=1S/C9H13F2NS/c1-6-3-4-8(13-6)7(2)12-5-9(10)11/h3-4,7,9,12H,5H2,1-2H3. The van der Waals surface area contributed by atoms with Gasteiger partial charge in [0, 0.05) is 15.8 Å². The monoisotopic (exact) mass is 205 g/mol. The van der Waals surface area contributed by atoms with E-state index < -0.39 is 6.43 Å². The molecule has 1 aromatic rings. The van der Waals surface area contributed by atoms with Gasteiger partial charge in [0.2, 0.25) is 0 Å². The van der Waals surface area contributed by atoms with Gasteiger partial charge >= 0.3 is 0 Å². The van der Waals surface area contributed by atoms with Gasteiger partial charge in [-0.3, -0.25) is 0 Å². The fourth-order valence-electron chi connectivity index (χ4n) is 1.05. The Labute approximate surface area is 80.8 Å². The summed E-state index contributed by atoms with van der Waals surface area (Å²) in [5, 5.41) is 2.77. The molecule has 1 aromatic heterocycles. The average molecular weight is 205 g/mol. The smallest absolute Gasteiger partial charge is 0.250 e. The fourth-order valence-corrected chi connectivity index (χ4v) is 1.96. The van der Waals surface area contributed by atoms with Crippen molar-refractivity contribution in [3.63, 3.8) is 0 Å². The van der Waals surface area contributed by atoms with E-state index in [0.29, 0.717) is 0 Å². The van der Waals surface area contributed by atoms with Crippen molar-refractivity contribution in [3.05, 3.63) is 21.9 Å². The molecule has 1 rings (SSSR count). The lowest BCUT2D eigenvalue weighted by atomic mass is 10.3. The topological polar surface area (TPSA) is 12.0 Å². The van der Waals surface area contributed by atoms with Crippen LogP contribution in [0, 0.1) is 6.92 Å². The van der Waals surface area contributed by atoms with E-state index in [-0.39, 0.29) is 12.6 Å². The van der Waals surface area contributed by atoms with Gasteiger partial charge in [-0.05, 0) is 26.0 Å². The Balaban J connectivity index is 2.44. The molecule has 1 N–H and O–H groups in total. The minimum Gasteiger partial charge on any atom is -0.304 e. The molecule has 0 fully saturated rings. The van der Waals surface area contributed by atoms with Crippen LogP contribution in [-0.4, -0.2) is 13.0 Å². The molecule has 1 atom stereocenters. The van der Waals surface area contributed by atoms with Gasteiger partial charge in [-0.2, -0.15) is 0 Å². The number of aryl methyl sites for hydroxylation is 1. The molecule has 0 aliphatic heterocycles. The van der Waals surface area contributed by atoms with Crippen LogP contribution in [0.5, 0.6) is 0 Å². The maximum atomic E-state index is 11.9. The molecule has 0 spiro atoms. The number of nitrogens with one attached hydrogen (secondary N) is 1. The highest BCUT2D eigenvalue weighted by Gasteiger charge is 2.09. The molecular formula is C9H13F2NS. The van der Waals surface area contributed by atoms with Gasteiger partial charge in [-0.1, -0.05) is 0 Å². The second-order valence-corrected chi connectivity index (χ2v) is 4.29. The molecule has 4 heteroatoms. The maximum absolute atomic E-state index is 11.9. The summed E-state index contributed by atoms with van der Waals surface area (Å²) in [7, 11) is 0. The zero-order valence-corrected chi connectivity index (χ0v) is 8.50. The molecule has 1 nitrogen and oxygen atoms in total. The number of hydrogen-bond acceptors (Lipinski definition) is 2. The normalized spacial score (nSPS) is 13.6. The summed E-state index contributed by atoms with van der Waals surface area (Å²) in [6, 6.07) is 4.00. The SMILES string of the molecule is Cc1ccc(C(C)NCC(F)F)s1. The van der Waals surface area contributed by atoms with Crippen LogP contribution in [0.15, 0.2) is 12.1 Å². The van der Waals surface area contributed by atoms with Crippen LogP contribution < -0.4 is 5.32 Å². The molecule has 0 saturated heterocycles. The van der Waals surface area contributed by atoms with E-state index >= 15 is 0 Å². The van der Waals surface area contributed by atoms with Crippen LogP contribution in [0.25, 0.3) is 0 Å². The van der Waals surface area contributed by atoms with Gasteiger partial charge < -0.3 is 5.32 Å². The molecule has 74 valence electrons. The number of rotatable bonds is 4. The summed E-state index contributed by atoms with van der Waals surface area (Å²) in [4.78, 5) is 2.32. The van der Waals surface area contributed by atoms with Gasteiger partial charge in [0.15, 0.2) is 0 Å². The lowest BCUT2D eigenvalue weighted by molar-refractivity contribution is 0.142. The van der Waals surface area contributed by atoms with Crippen LogP contribution in [0.2, 0.25) is 0 Å². The van der Waals surface area contributed by atoms with Crippen molar-refractivity contribution < 1.29 is 8.78 Å². The minimum atomic E-state index is -2.27. The molecule has 0 radical (unpaired) electrons. The van der Waals surface area contributed by atoms with Crippen LogP contribution in [0.3, 0.4) is 0 Å². The molecule has 0 aliphatic rings. The first-order chi connectivity index (χ1) is 6.09. The lowest BCUT2D eigenvalue weighted by Gasteiger charge is -2.10. The number of hydrogen-bond donors (Lipinski definition) is 1. The van der Waals surface area contributed by atoms with Crippen molar-refractivity contribution in [2.75, 3.05) is 6.54 Å². The molecule has 1 heterocycles. The molecule has 0 bridgehead atoms. The van der Waals surface area contributed by atoms with Crippen LogP contribution in [0.4, 0.5) is 8.78 Å². The Bertz CT molecular complexity index is 260. The molecular weight excluding hydrogens is 192 g/mol. The predicted molar refractivity (Wildman–Crippen MR) is 51.5 cm³/mol. The summed E-state index contributed by atoms with van der Waals surface area (Å²) >= 11 is 1.64. The average Bonchev–Trinajstić information content (AvgIpc) is 2.47. The third kappa shape index (κ3) is 3.40. The van der Waals surface area contributed by atoms with Crippen molar-refractivity contribution in [3.8, 4) is 0 Å². The van der Waals surface area contributed by atoms with Crippen LogP contribution >= 0.6 is 11.3 Å². The van der Waals surface area contributed by atoms with E-state index in [0.717, 1.165) is 4.88 Å². The number of alkyl halides is 2. The van der Waals surface area contributed by atoms with Gasteiger partial charge in [-0.15, -0.1) is 11.3 Å². The second kappa shape index (κ2) is 4.67. The van der Waals surface area contributed by atoms with E-state index in [4.69, 9.17) is 0 Å². The third-order valence-corrected chi connectivity index (χ3v) is 2.95. The first-order valence-corrected chi connectivity index (χ1v) is 4.99. The van der Waals surface area contributed by atoms with E-state index in [1.165, 1.54) is 4.88 Å². The molecule has 1 unspecified atom stereocenters. The van der Waals surface area contributed by atoms with Crippen LogP contribution in [0.1, 0.15) is 22.7 Å². The highest BCUT2D eigenvalue weighted by Crippen LogP contribution is 2.22. The summed E-state index contributed by atoms with van der Waals surface area (Å²) in [6.45, 7) is 3.67. The number of halogens is 2. The summed E-state index contributed by atoms with van der Waals surface area (Å²) in [5.74, 6) is 0. The molecule has 13 heavy (non-hydrogen) atoms. The molecule has 0 aromatic carbocycles. The van der Waals surface area contributed by atoms with Crippen molar-refractivity contribution in [2.45, 2.75) is 26.3 Å². The van der Waals surface area contributed by atoms with Crippen molar-refractivity contribution in [2.24, 2.45) is 0 Å². The van der Waals surface area contributed by atoms with Gasteiger partial charge in [0.25, 0.3) is 6.43 Å². The van der Waals surface area contributed by atoms with Crippen molar-refractivity contribution in [1.29, 1.82) is 0 Å². The molecule has 0 aliphatic carbocycles. The minimum absolute atomic E-state index is 0.0210. The van der Waals surface area contributed by atoms with Gasteiger partial charge in [-0.25, -0.2) is 8.78 Å². The first-order valence-electron chi connectivity index (χ1n) is 4.17. The summed E-state index contributed by atoms with van der Waals surface area (Å²) in [5.41, 5.74) is 0. The fraction of sp³-hybridized carbons (Fsp3) is 0.556. The highest BCUT2D eigenvalue weighted by atomic mass is 32.1. The molecule has 0 saturated carbocycles. The summed E-state index contributed by atoms with van der Waals surface area (Å²) < 4.78 is 23.7. The Morgan fingerprint density at radius 1 is 1.46 bits per heavy atom. The largest absolute Gasteiger partial charge is 0.304 e. The Kier molecular flexibility index (Phi) is 3.81. The Morgan fingerprint density at radius 3 is 2.62 bits per heavy atom. The zero-order valence-electron chi connectivity index (χ0n) is 7.68. The van der Waals surface area contributed by atoms with Crippen molar-refractivity contribution >= 4 is 11.3 Å². The highest BCUT2D eigenvalue weighted by molar-refractivity contribution is 7.12.